The highest BCUT2D eigenvalue weighted by atomic mass is 127. The van der Waals surface area contributed by atoms with Gasteiger partial charge in [0.25, 0.3) is 0 Å². The third-order valence-corrected chi connectivity index (χ3v) is 9.00. The number of aliphatic imine (C=N–C) groups is 1. The first kappa shape index (κ1) is 27.4. The molecule has 2 aliphatic rings. The number of aromatic nitrogens is 2. The fraction of sp³-hybridized carbons (Fsp3) is 0.542. The Hall–Kier alpha value is -1.22. The first-order valence-electron chi connectivity index (χ1n) is 11.7. The van der Waals surface area contributed by atoms with Crippen LogP contribution in [0.5, 0.6) is 0 Å². The van der Waals surface area contributed by atoms with Crippen molar-refractivity contribution in [3.8, 4) is 0 Å². The van der Waals surface area contributed by atoms with Crippen molar-refractivity contribution < 1.29 is 4.79 Å². The molecule has 0 saturated carbocycles. The van der Waals surface area contributed by atoms with Gasteiger partial charge in [0.15, 0.2) is 5.96 Å². The number of carbonyl (C=O) groups excluding carboxylic acids is 1. The molecule has 2 heterocycles. The van der Waals surface area contributed by atoms with E-state index in [0.29, 0.717) is 12.4 Å². The van der Waals surface area contributed by atoms with Gasteiger partial charge in [-0.25, -0.2) is 4.45 Å². The SMILES string of the molecule is CC.CN=C(NC1=C(C=O)CCC(c2c(C)c(Cl)cc3c2cnn3PI)C1)N1CC(N(C)C)C1. The highest BCUT2D eigenvalue weighted by Crippen LogP contribution is 2.43. The van der Waals surface area contributed by atoms with Crippen molar-refractivity contribution in [3.05, 3.63) is 39.7 Å². The molecule has 0 radical (unpaired) electrons. The first-order chi connectivity index (χ1) is 16.4. The fourth-order valence-electron chi connectivity index (χ4n) is 4.69. The predicted molar refractivity (Wildman–Crippen MR) is 154 cm³/mol. The maximum absolute atomic E-state index is 11.9. The molecule has 10 heteroatoms. The van der Waals surface area contributed by atoms with E-state index in [1.165, 1.54) is 5.56 Å². The summed E-state index contributed by atoms with van der Waals surface area (Å²) in [7, 11) is 6.01. The molecule has 2 atom stereocenters. The van der Waals surface area contributed by atoms with Gasteiger partial charge in [-0.15, -0.1) is 0 Å². The Morgan fingerprint density at radius 2 is 2.09 bits per heavy atom. The zero-order chi connectivity index (χ0) is 25.0. The van der Waals surface area contributed by atoms with Gasteiger partial charge in [-0.1, -0.05) is 25.4 Å². The van der Waals surface area contributed by atoms with Gasteiger partial charge in [0, 0.05) is 47.9 Å². The zero-order valence-corrected chi connectivity index (χ0v) is 24.7. The number of hydrogen-bond donors (Lipinski definition) is 1. The van der Waals surface area contributed by atoms with E-state index >= 15 is 0 Å². The average Bonchev–Trinajstić information content (AvgIpc) is 3.21. The molecule has 1 aromatic carbocycles. The fourth-order valence-corrected chi connectivity index (χ4v) is 6.43. The molecular weight excluding hydrogens is 582 g/mol. The smallest absolute Gasteiger partial charge is 0.198 e. The topological polar surface area (TPSA) is 65.8 Å². The number of aldehydes is 1. The second-order valence-corrected chi connectivity index (χ2v) is 11.2. The molecule has 7 nitrogen and oxygen atoms in total. The van der Waals surface area contributed by atoms with Crippen LogP contribution in [0, 0.1) is 6.92 Å². The van der Waals surface area contributed by atoms with Gasteiger partial charge in [-0.05, 0) is 85.4 Å². The third kappa shape index (κ3) is 5.45. The van der Waals surface area contributed by atoms with Crippen LogP contribution in [0.2, 0.25) is 5.02 Å². The summed E-state index contributed by atoms with van der Waals surface area (Å²) in [5.74, 6) is 1.10. The molecule has 2 unspecified atom stereocenters. The van der Waals surface area contributed by atoms with Gasteiger partial charge in [-0.2, -0.15) is 5.10 Å². The lowest BCUT2D eigenvalue weighted by Crippen LogP contribution is -2.61. The summed E-state index contributed by atoms with van der Waals surface area (Å²) in [6, 6.07) is 2.56. The summed E-state index contributed by atoms with van der Waals surface area (Å²) < 4.78 is 2.01. The zero-order valence-electron chi connectivity index (χ0n) is 20.8. The van der Waals surface area contributed by atoms with Crippen molar-refractivity contribution in [1.82, 2.24) is 24.7 Å². The number of carbonyl (C=O) groups is 1. The number of fused-ring (bicyclic) bond motifs is 1. The van der Waals surface area contributed by atoms with E-state index in [1.807, 2.05) is 30.6 Å². The average molecular weight is 617 g/mol. The van der Waals surface area contributed by atoms with Gasteiger partial charge < -0.3 is 15.1 Å². The van der Waals surface area contributed by atoms with Crippen molar-refractivity contribution in [2.45, 2.75) is 52.0 Å². The number of benzene rings is 1. The van der Waals surface area contributed by atoms with E-state index < -0.39 is 0 Å². The molecule has 1 aliphatic heterocycles. The second-order valence-electron chi connectivity index (χ2n) is 8.73. The molecule has 1 saturated heterocycles. The van der Waals surface area contributed by atoms with Crippen LogP contribution in [0.1, 0.15) is 50.2 Å². The Bertz CT molecular complexity index is 1090. The van der Waals surface area contributed by atoms with Crippen LogP contribution in [-0.2, 0) is 4.79 Å². The van der Waals surface area contributed by atoms with Crippen LogP contribution in [-0.4, -0.2) is 71.9 Å². The molecule has 1 aliphatic carbocycles. The molecule has 0 amide bonds. The minimum absolute atomic E-state index is 0.265. The Morgan fingerprint density at radius 1 is 1.38 bits per heavy atom. The number of likely N-dealkylation sites (tertiary alicyclic amines) is 1. The van der Waals surface area contributed by atoms with E-state index in [-0.39, 0.29) is 5.92 Å². The monoisotopic (exact) mass is 616 g/mol. The molecule has 4 rings (SSSR count). The van der Waals surface area contributed by atoms with Crippen LogP contribution in [0.3, 0.4) is 0 Å². The molecule has 186 valence electrons. The molecule has 2 aromatic rings. The van der Waals surface area contributed by atoms with Crippen molar-refractivity contribution >= 4 is 63.2 Å². The Labute approximate surface area is 222 Å². The van der Waals surface area contributed by atoms with E-state index in [4.69, 9.17) is 11.6 Å². The summed E-state index contributed by atoms with van der Waals surface area (Å²) in [4.78, 5) is 20.8. The van der Waals surface area contributed by atoms with Crippen molar-refractivity contribution in [1.29, 1.82) is 0 Å². The Morgan fingerprint density at radius 3 is 2.68 bits per heavy atom. The number of hydrogen-bond acceptors (Lipinski definition) is 4. The van der Waals surface area contributed by atoms with Gasteiger partial charge in [0.2, 0.25) is 0 Å². The Balaban J connectivity index is 0.00000158. The summed E-state index contributed by atoms with van der Waals surface area (Å²) in [6.45, 7) is 7.96. The highest BCUT2D eigenvalue weighted by Gasteiger charge is 2.32. The highest BCUT2D eigenvalue weighted by molar-refractivity contribution is 14.2. The second kappa shape index (κ2) is 12.2. The van der Waals surface area contributed by atoms with Crippen LogP contribution in [0.4, 0.5) is 0 Å². The molecular formula is C24H35ClIN6OP. The lowest BCUT2D eigenvalue weighted by molar-refractivity contribution is -0.105. The lowest BCUT2D eigenvalue weighted by Gasteiger charge is -2.44. The van der Waals surface area contributed by atoms with Crippen molar-refractivity contribution in [3.63, 3.8) is 0 Å². The molecule has 0 spiro atoms. The summed E-state index contributed by atoms with van der Waals surface area (Å²) in [5, 5.41) is 10.0. The number of guanidine groups is 1. The van der Waals surface area contributed by atoms with Gasteiger partial charge >= 0.3 is 0 Å². The van der Waals surface area contributed by atoms with E-state index in [9.17, 15) is 4.79 Å². The number of likely N-dealkylation sites (N-methyl/N-ethyl adjacent to an activating group) is 1. The Kier molecular flexibility index (Phi) is 9.78. The van der Waals surface area contributed by atoms with Crippen LogP contribution in [0.25, 0.3) is 10.9 Å². The van der Waals surface area contributed by atoms with Gasteiger partial charge in [0.1, 0.15) is 6.29 Å². The number of rotatable bonds is 5. The van der Waals surface area contributed by atoms with Gasteiger partial charge in [-0.3, -0.25) is 9.79 Å². The first-order valence-corrected chi connectivity index (χ1v) is 16.2. The summed E-state index contributed by atoms with van der Waals surface area (Å²) in [5.41, 5.74) is 5.25. The van der Waals surface area contributed by atoms with Gasteiger partial charge in [0.05, 0.1) is 18.1 Å². The molecule has 1 aromatic heterocycles. The quantitative estimate of drug-likeness (QED) is 0.161. The number of nitrogens with zero attached hydrogens (tertiary/aromatic N) is 5. The standard InChI is InChI=1S/C22H29ClIN6OP.C2H6/c1-13-18(23)8-20-17(9-26-30(20)32-24)21(13)14-5-6-15(12-31)19(7-14)27-22(25-2)29-10-16(11-29)28(3)4;1-2/h8-9,12,14,16,32H,5-7,10-11H2,1-4H3,(H,25,27);1-2H3. The molecule has 34 heavy (non-hydrogen) atoms. The largest absolute Gasteiger partial charge is 0.339 e. The van der Waals surface area contributed by atoms with E-state index in [1.54, 1.807) is 7.05 Å². The van der Waals surface area contributed by atoms with Crippen LogP contribution >= 0.6 is 40.0 Å². The van der Waals surface area contributed by atoms with Crippen LogP contribution < -0.4 is 5.32 Å². The summed E-state index contributed by atoms with van der Waals surface area (Å²) >= 11 is 8.99. The maximum atomic E-state index is 11.9. The van der Waals surface area contributed by atoms with Crippen molar-refractivity contribution in [2.24, 2.45) is 4.99 Å². The summed E-state index contributed by atoms with van der Waals surface area (Å²) in [6.07, 6.45) is 5.89. The number of halogens is 2. The normalized spacial score (nSPS) is 19.6. The number of nitrogens with one attached hydrogen (secondary N) is 1. The van der Waals surface area contributed by atoms with Crippen LogP contribution in [0.15, 0.2) is 28.5 Å². The van der Waals surface area contributed by atoms with E-state index in [2.05, 4.69) is 68.3 Å². The molecule has 1 N–H and O–H groups in total. The predicted octanol–water partition coefficient (Wildman–Crippen LogP) is 5.36. The number of allylic oxidation sites excluding steroid dienone is 2. The maximum Gasteiger partial charge on any atom is 0.198 e. The molecule has 0 bridgehead atoms. The molecule has 1 fully saturated rings. The minimum atomic E-state index is 0.265. The third-order valence-electron chi connectivity index (χ3n) is 6.72. The minimum Gasteiger partial charge on any atom is -0.339 e. The van der Waals surface area contributed by atoms with E-state index in [0.717, 1.165) is 77.4 Å². The lowest BCUT2D eigenvalue weighted by atomic mass is 9.80. The van der Waals surface area contributed by atoms with Crippen molar-refractivity contribution in [2.75, 3.05) is 34.2 Å².